The Balaban J connectivity index is 1.76. The quantitative estimate of drug-likeness (QED) is 0.851. The number of alkyl carbamates (subject to hydrolysis) is 1. The van der Waals surface area contributed by atoms with Crippen LogP contribution in [0.1, 0.15) is 5.69 Å². The maximum absolute atomic E-state index is 11.4. The summed E-state index contributed by atoms with van der Waals surface area (Å²) in [5, 5.41) is 4.94. The molecule has 0 saturated carbocycles. The summed E-state index contributed by atoms with van der Waals surface area (Å²) in [7, 11) is 1.48. The van der Waals surface area contributed by atoms with Crippen LogP contribution in [-0.4, -0.2) is 37.2 Å². The minimum absolute atomic E-state index is 0.285. The first kappa shape index (κ1) is 16.5. The van der Waals surface area contributed by atoms with E-state index >= 15 is 0 Å². The first-order chi connectivity index (χ1) is 11.2. The Kier molecular flexibility index (Phi) is 6.11. The molecule has 1 heterocycles. The van der Waals surface area contributed by atoms with Gasteiger partial charge in [0.2, 0.25) is 0 Å². The van der Waals surface area contributed by atoms with Crippen LogP contribution in [0.15, 0.2) is 48.7 Å². The molecule has 1 aromatic heterocycles. The highest BCUT2D eigenvalue weighted by molar-refractivity contribution is 5.79. The molecule has 2 amide bonds. The molecule has 0 unspecified atom stereocenters. The maximum Gasteiger partial charge on any atom is 0.407 e. The van der Waals surface area contributed by atoms with Gasteiger partial charge >= 0.3 is 6.09 Å². The summed E-state index contributed by atoms with van der Waals surface area (Å²) < 4.78 is 4.73. The molecule has 0 aliphatic heterocycles. The second-order valence-corrected chi connectivity index (χ2v) is 4.83. The highest BCUT2D eigenvalue weighted by atomic mass is 16.6. The molecular weight excluding hydrogens is 294 g/mol. The van der Waals surface area contributed by atoms with Crippen LogP contribution in [0.25, 0.3) is 11.1 Å². The van der Waals surface area contributed by atoms with Crippen molar-refractivity contribution < 1.29 is 14.3 Å². The standard InChI is InChI=1S/C17H19N3O3/c1-18-16(21)12-23-17(22)19-10-9-15-8-7-14(11-20-15)13-5-3-2-4-6-13/h2-8,11H,9-10,12H2,1H3,(H,18,21)(H,19,22). The third-order valence-electron chi connectivity index (χ3n) is 3.20. The van der Waals surface area contributed by atoms with Gasteiger partial charge in [0.25, 0.3) is 5.91 Å². The minimum atomic E-state index is -0.616. The lowest BCUT2D eigenvalue weighted by Crippen LogP contribution is -2.31. The zero-order chi connectivity index (χ0) is 16.5. The molecule has 6 heteroatoms. The number of nitrogens with zero attached hydrogens (tertiary/aromatic N) is 1. The first-order valence-electron chi connectivity index (χ1n) is 7.30. The zero-order valence-corrected chi connectivity index (χ0v) is 12.9. The van der Waals surface area contributed by atoms with Crippen LogP contribution in [-0.2, 0) is 16.0 Å². The van der Waals surface area contributed by atoms with Crippen molar-refractivity contribution in [1.29, 1.82) is 0 Å². The van der Waals surface area contributed by atoms with Crippen LogP contribution in [0.5, 0.6) is 0 Å². The molecular formula is C17H19N3O3. The third kappa shape index (κ3) is 5.43. The fraction of sp³-hybridized carbons (Fsp3) is 0.235. The van der Waals surface area contributed by atoms with E-state index in [-0.39, 0.29) is 12.5 Å². The molecule has 120 valence electrons. The Morgan fingerprint density at radius 1 is 1.09 bits per heavy atom. The van der Waals surface area contributed by atoms with Gasteiger partial charge in [-0.15, -0.1) is 0 Å². The number of ether oxygens (including phenoxy) is 1. The Bertz CT molecular complexity index is 642. The van der Waals surface area contributed by atoms with Crippen LogP contribution >= 0.6 is 0 Å². The summed E-state index contributed by atoms with van der Waals surface area (Å²) >= 11 is 0. The van der Waals surface area contributed by atoms with Gasteiger partial charge in [-0.05, 0) is 11.6 Å². The lowest BCUT2D eigenvalue weighted by molar-refractivity contribution is -0.123. The van der Waals surface area contributed by atoms with E-state index in [0.717, 1.165) is 16.8 Å². The summed E-state index contributed by atoms with van der Waals surface area (Å²) in [4.78, 5) is 26.7. The summed E-state index contributed by atoms with van der Waals surface area (Å²) in [6.07, 6.45) is 1.79. The van der Waals surface area contributed by atoms with Gasteiger partial charge in [-0.3, -0.25) is 9.78 Å². The molecule has 6 nitrogen and oxygen atoms in total. The molecule has 0 radical (unpaired) electrons. The van der Waals surface area contributed by atoms with E-state index in [1.807, 2.05) is 48.7 Å². The Labute approximate surface area is 134 Å². The second kappa shape index (κ2) is 8.53. The Morgan fingerprint density at radius 2 is 1.87 bits per heavy atom. The van der Waals surface area contributed by atoms with Gasteiger partial charge in [0.05, 0.1) is 0 Å². The molecule has 0 saturated heterocycles. The largest absolute Gasteiger partial charge is 0.439 e. The number of pyridine rings is 1. The maximum atomic E-state index is 11.4. The zero-order valence-electron chi connectivity index (χ0n) is 12.9. The lowest BCUT2D eigenvalue weighted by atomic mass is 10.1. The topological polar surface area (TPSA) is 80.3 Å². The number of rotatable bonds is 6. The van der Waals surface area contributed by atoms with Gasteiger partial charge in [-0.2, -0.15) is 0 Å². The average molecular weight is 313 g/mol. The van der Waals surface area contributed by atoms with Crippen LogP contribution in [0, 0.1) is 0 Å². The molecule has 0 atom stereocenters. The molecule has 0 aliphatic carbocycles. The molecule has 2 rings (SSSR count). The van der Waals surface area contributed by atoms with Crippen molar-refractivity contribution in [1.82, 2.24) is 15.6 Å². The van der Waals surface area contributed by atoms with Gasteiger partial charge in [0.15, 0.2) is 6.61 Å². The first-order valence-corrected chi connectivity index (χ1v) is 7.30. The average Bonchev–Trinajstić information content (AvgIpc) is 2.61. The predicted molar refractivity (Wildman–Crippen MR) is 86.8 cm³/mol. The smallest absolute Gasteiger partial charge is 0.407 e. The Hall–Kier alpha value is -2.89. The van der Waals surface area contributed by atoms with Gasteiger partial charge in [-0.25, -0.2) is 4.79 Å². The number of nitrogens with one attached hydrogen (secondary N) is 2. The van der Waals surface area contributed by atoms with Crippen molar-refractivity contribution in [2.75, 3.05) is 20.2 Å². The molecule has 0 aliphatic rings. The molecule has 0 bridgehead atoms. The Morgan fingerprint density at radius 3 is 2.52 bits per heavy atom. The number of carbonyl (C=O) groups excluding carboxylic acids is 2. The summed E-state index contributed by atoms with van der Waals surface area (Å²) in [5.74, 6) is -0.349. The van der Waals surface area contributed by atoms with Crippen LogP contribution < -0.4 is 10.6 Å². The monoisotopic (exact) mass is 313 g/mol. The number of amides is 2. The molecule has 0 spiro atoms. The summed E-state index contributed by atoms with van der Waals surface area (Å²) in [6, 6.07) is 13.9. The van der Waals surface area contributed by atoms with E-state index in [4.69, 9.17) is 4.74 Å². The van der Waals surface area contributed by atoms with Crippen molar-refractivity contribution in [2.45, 2.75) is 6.42 Å². The highest BCUT2D eigenvalue weighted by Crippen LogP contribution is 2.17. The summed E-state index contributed by atoms with van der Waals surface area (Å²) in [6.45, 7) is 0.108. The van der Waals surface area contributed by atoms with E-state index < -0.39 is 6.09 Å². The molecule has 23 heavy (non-hydrogen) atoms. The van der Waals surface area contributed by atoms with Gasteiger partial charge in [0, 0.05) is 37.5 Å². The van der Waals surface area contributed by atoms with Crippen molar-refractivity contribution >= 4 is 12.0 Å². The van der Waals surface area contributed by atoms with Gasteiger partial charge < -0.3 is 15.4 Å². The van der Waals surface area contributed by atoms with E-state index in [1.54, 1.807) is 0 Å². The van der Waals surface area contributed by atoms with Crippen LogP contribution in [0.2, 0.25) is 0 Å². The minimum Gasteiger partial charge on any atom is -0.439 e. The van der Waals surface area contributed by atoms with Crippen LogP contribution in [0.3, 0.4) is 0 Å². The number of hydrogen-bond acceptors (Lipinski definition) is 4. The number of likely N-dealkylation sites (N-methyl/N-ethyl adjacent to an activating group) is 1. The van der Waals surface area contributed by atoms with E-state index in [2.05, 4.69) is 15.6 Å². The summed E-state index contributed by atoms with van der Waals surface area (Å²) in [5.41, 5.74) is 3.03. The fourth-order valence-corrected chi connectivity index (χ4v) is 1.92. The van der Waals surface area contributed by atoms with Crippen LogP contribution in [0.4, 0.5) is 4.79 Å². The second-order valence-electron chi connectivity index (χ2n) is 4.83. The lowest BCUT2D eigenvalue weighted by Gasteiger charge is -2.07. The van der Waals surface area contributed by atoms with Gasteiger partial charge in [-0.1, -0.05) is 36.4 Å². The highest BCUT2D eigenvalue weighted by Gasteiger charge is 2.05. The van der Waals surface area contributed by atoms with Crippen molar-refractivity contribution in [3.63, 3.8) is 0 Å². The molecule has 1 aromatic carbocycles. The predicted octanol–water partition coefficient (Wildman–Crippen LogP) is 1.76. The van der Waals surface area contributed by atoms with E-state index in [1.165, 1.54) is 7.05 Å². The SMILES string of the molecule is CNC(=O)COC(=O)NCCc1ccc(-c2ccccc2)cn1. The number of carbonyl (C=O) groups is 2. The van der Waals surface area contributed by atoms with Crippen molar-refractivity contribution in [2.24, 2.45) is 0 Å². The number of aromatic nitrogens is 1. The normalized spacial score (nSPS) is 9.96. The van der Waals surface area contributed by atoms with E-state index in [0.29, 0.717) is 13.0 Å². The van der Waals surface area contributed by atoms with Crippen molar-refractivity contribution in [3.8, 4) is 11.1 Å². The number of benzene rings is 1. The third-order valence-corrected chi connectivity index (χ3v) is 3.20. The van der Waals surface area contributed by atoms with Gasteiger partial charge in [0.1, 0.15) is 0 Å². The molecule has 0 fully saturated rings. The molecule has 2 aromatic rings. The molecule has 2 N–H and O–H groups in total. The fourth-order valence-electron chi connectivity index (χ4n) is 1.92. The number of hydrogen-bond donors (Lipinski definition) is 2. The van der Waals surface area contributed by atoms with Crippen molar-refractivity contribution in [3.05, 3.63) is 54.4 Å². The van der Waals surface area contributed by atoms with E-state index in [9.17, 15) is 9.59 Å².